The molecule has 1 atom stereocenters. The standard InChI is InChI=1S/C16H21ClN2O3/c1-10(2)15(21)18-12-4-3-7-19(9-12)16(22)13-8-11(17)5-6-14(13)20/h5-6,8,10,12,20H,3-4,7,9H2,1-2H3,(H,18,21)/t12-/m0/s1. The Labute approximate surface area is 135 Å². The minimum atomic E-state index is -0.261. The van der Waals surface area contributed by atoms with Crippen molar-refractivity contribution in [3.8, 4) is 5.75 Å². The second-order valence-corrected chi connectivity index (χ2v) is 6.35. The predicted octanol–water partition coefficient (Wildman–Crippen LogP) is 2.42. The largest absolute Gasteiger partial charge is 0.507 e. The zero-order valence-electron chi connectivity index (χ0n) is 12.8. The summed E-state index contributed by atoms with van der Waals surface area (Å²) in [6.45, 7) is 4.73. The van der Waals surface area contributed by atoms with Crippen molar-refractivity contribution in [2.45, 2.75) is 32.7 Å². The second-order valence-electron chi connectivity index (χ2n) is 5.92. The van der Waals surface area contributed by atoms with E-state index in [1.165, 1.54) is 18.2 Å². The van der Waals surface area contributed by atoms with Crippen molar-refractivity contribution in [3.05, 3.63) is 28.8 Å². The van der Waals surface area contributed by atoms with Crippen LogP contribution in [0.15, 0.2) is 18.2 Å². The van der Waals surface area contributed by atoms with Crippen LogP contribution in [0.5, 0.6) is 5.75 Å². The van der Waals surface area contributed by atoms with E-state index in [1.54, 1.807) is 4.90 Å². The molecule has 2 N–H and O–H groups in total. The summed E-state index contributed by atoms with van der Waals surface area (Å²) in [5.41, 5.74) is 0.198. The number of phenols is 1. The third-order valence-electron chi connectivity index (χ3n) is 3.77. The van der Waals surface area contributed by atoms with E-state index in [-0.39, 0.29) is 35.1 Å². The molecular formula is C16H21ClN2O3. The second kappa shape index (κ2) is 7.01. The summed E-state index contributed by atoms with van der Waals surface area (Å²) < 4.78 is 0. The number of aromatic hydroxyl groups is 1. The summed E-state index contributed by atoms with van der Waals surface area (Å²) in [7, 11) is 0. The highest BCUT2D eigenvalue weighted by atomic mass is 35.5. The van der Waals surface area contributed by atoms with Crippen LogP contribution in [0.4, 0.5) is 0 Å². The quantitative estimate of drug-likeness (QED) is 0.897. The molecule has 1 aliphatic heterocycles. The van der Waals surface area contributed by atoms with Crippen LogP contribution in [0.25, 0.3) is 0 Å². The van der Waals surface area contributed by atoms with Crippen LogP contribution in [0.1, 0.15) is 37.0 Å². The summed E-state index contributed by atoms with van der Waals surface area (Å²) >= 11 is 5.89. The molecule has 0 spiro atoms. The molecule has 0 aromatic heterocycles. The van der Waals surface area contributed by atoms with Crippen molar-refractivity contribution < 1.29 is 14.7 Å². The zero-order chi connectivity index (χ0) is 16.3. The Kier molecular flexibility index (Phi) is 5.29. The highest BCUT2D eigenvalue weighted by Crippen LogP contribution is 2.24. The summed E-state index contributed by atoms with van der Waals surface area (Å²) in [5, 5.41) is 13.2. The fourth-order valence-corrected chi connectivity index (χ4v) is 2.67. The van der Waals surface area contributed by atoms with Gasteiger partial charge in [0.1, 0.15) is 5.75 Å². The molecule has 6 heteroatoms. The van der Waals surface area contributed by atoms with Crippen LogP contribution in [-0.2, 0) is 4.79 Å². The van der Waals surface area contributed by atoms with Gasteiger partial charge in [-0.15, -0.1) is 0 Å². The van der Waals surface area contributed by atoms with Gasteiger partial charge < -0.3 is 15.3 Å². The molecule has 1 saturated heterocycles. The third kappa shape index (κ3) is 3.91. The summed E-state index contributed by atoms with van der Waals surface area (Å²) in [6, 6.07) is 4.37. The lowest BCUT2D eigenvalue weighted by atomic mass is 10.0. The lowest BCUT2D eigenvalue weighted by Gasteiger charge is -2.33. The van der Waals surface area contributed by atoms with E-state index in [1.807, 2.05) is 13.8 Å². The lowest BCUT2D eigenvalue weighted by Crippen LogP contribution is -2.50. The van der Waals surface area contributed by atoms with Crippen molar-refractivity contribution in [1.29, 1.82) is 0 Å². The van der Waals surface area contributed by atoms with Gasteiger partial charge in [0, 0.05) is 30.1 Å². The van der Waals surface area contributed by atoms with Crippen LogP contribution in [-0.4, -0.2) is 41.0 Å². The number of hydrogen-bond donors (Lipinski definition) is 2. The number of amides is 2. The molecule has 1 aromatic carbocycles. The number of nitrogens with one attached hydrogen (secondary N) is 1. The van der Waals surface area contributed by atoms with E-state index in [2.05, 4.69) is 5.32 Å². The van der Waals surface area contributed by atoms with Gasteiger partial charge >= 0.3 is 0 Å². The number of benzene rings is 1. The van der Waals surface area contributed by atoms with Gasteiger partial charge in [-0.2, -0.15) is 0 Å². The van der Waals surface area contributed by atoms with Gasteiger partial charge in [0.15, 0.2) is 0 Å². The maximum absolute atomic E-state index is 12.5. The maximum atomic E-state index is 12.5. The fourth-order valence-electron chi connectivity index (χ4n) is 2.50. The predicted molar refractivity (Wildman–Crippen MR) is 85.0 cm³/mol. The van der Waals surface area contributed by atoms with Gasteiger partial charge in [-0.05, 0) is 31.0 Å². The molecule has 0 unspecified atom stereocenters. The molecule has 5 nitrogen and oxygen atoms in total. The summed E-state index contributed by atoms with van der Waals surface area (Å²) in [6.07, 6.45) is 1.67. The third-order valence-corrected chi connectivity index (χ3v) is 4.00. The van der Waals surface area contributed by atoms with Gasteiger partial charge in [-0.1, -0.05) is 25.4 Å². The number of nitrogens with zero attached hydrogens (tertiary/aromatic N) is 1. The monoisotopic (exact) mass is 324 g/mol. The highest BCUT2D eigenvalue weighted by molar-refractivity contribution is 6.31. The van der Waals surface area contributed by atoms with E-state index in [4.69, 9.17) is 11.6 Å². The van der Waals surface area contributed by atoms with Crippen molar-refractivity contribution in [1.82, 2.24) is 10.2 Å². The van der Waals surface area contributed by atoms with E-state index >= 15 is 0 Å². The smallest absolute Gasteiger partial charge is 0.257 e. The van der Waals surface area contributed by atoms with E-state index in [0.717, 1.165) is 12.8 Å². The number of likely N-dealkylation sites (tertiary alicyclic amines) is 1. The average Bonchev–Trinajstić information content (AvgIpc) is 2.49. The van der Waals surface area contributed by atoms with Gasteiger partial charge in [0.2, 0.25) is 5.91 Å². The summed E-state index contributed by atoms with van der Waals surface area (Å²) in [5.74, 6) is -0.431. The normalized spacial score (nSPS) is 18.4. The average molecular weight is 325 g/mol. The zero-order valence-corrected chi connectivity index (χ0v) is 13.6. The number of halogens is 1. The first-order chi connectivity index (χ1) is 10.4. The van der Waals surface area contributed by atoms with Crippen LogP contribution >= 0.6 is 11.6 Å². The van der Waals surface area contributed by atoms with E-state index in [0.29, 0.717) is 18.1 Å². The first-order valence-corrected chi connectivity index (χ1v) is 7.84. The maximum Gasteiger partial charge on any atom is 0.257 e. The number of rotatable bonds is 3. The molecule has 1 fully saturated rings. The minimum absolute atomic E-state index is 0.00935. The van der Waals surface area contributed by atoms with Crippen LogP contribution in [0, 0.1) is 5.92 Å². The molecule has 0 bridgehead atoms. The van der Waals surface area contributed by atoms with Crippen molar-refractivity contribution in [2.24, 2.45) is 5.92 Å². The molecule has 1 aromatic rings. The van der Waals surface area contributed by atoms with Crippen molar-refractivity contribution >= 4 is 23.4 Å². The van der Waals surface area contributed by atoms with Gasteiger partial charge in [-0.3, -0.25) is 9.59 Å². The number of piperidine rings is 1. The first kappa shape index (κ1) is 16.6. The Morgan fingerprint density at radius 3 is 2.82 bits per heavy atom. The SMILES string of the molecule is CC(C)C(=O)N[C@H]1CCCN(C(=O)c2cc(Cl)ccc2O)C1. The molecule has 22 heavy (non-hydrogen) atoms. The fraction of sp³-hybridized carbons (Fsp3) is 0.500. The molecule has 0 radical (unpaired) electrons. The molecule has 120 valence electrons. The number of hydrogen-bond acceptors (Lipinski definition) is 3. The van der Waals surface area contributed by atoms with E-state index < -0.39 is 0 Å². The highest BCUT2D eigenvalue weighted by Gasteiger charge is 2.27. The van der Waals surface area contributed by atoms with Gasteiger partial charge in [0.05, 0.1) is 5.56 Å². The van der Waals surface area contributed by atoms with Crippen LogP contribution < -0.4 is 5.32 Å². The Morgan fingerprint density at radius 2 is 2.14 bits per heavy atom. The van der Waals surface area contributed by atoms with E-state index in [9.17, 15) is 14.7 Å². The minimum Gasteiger partial charge on any atom is -0.507 e. The molecular weight excluding hydrogens is 304 g/mol. The Morgan fingerprint density at radius 1 is 1.41 bits per heavy atom. The first-order valence-electron chi connectivity index (χ1n) is 7.46. The number of carbonyl (C=O) groups excluding carboxylic acids is 2. The van der Waals surface area contributed by atoms with Gasteiger partial charge in [-0.25, -0.2) is 0 Å². The van der Waals surface area contributed by atoms with Crippen molar-refractivity contribution in [2.75, 3.05) is 13.1 Å². The Bertz CT molecular complexity index is 575. The lowest BCUT2D eigenvalue weighted by molar-refractivity contribution is -0.125. The molecule has 0 saturated carbocycles. The molecule has 2 amide bonds. The van der Waals surface area contributed by atoms with Crippen LogP contribution in [0.3, 0.4) is 0 Å². The van der Waals surface area contributed by atoms with Gasteiger partial charge in [0.25, 0.3) is 5.91 Å². The molecule has 1 heterocycles. The van der Waals surface area contributed by atoms with Crippen molar-refractivity contribution in [3.63, 3.8) is 0 Å². The molecule has 2 rings (SSSR count). The number of carbonyl (C=O) groups is 2. The Balaban J connectivity index is 2.07. The topological polar surface area (TPSA) is 69.6 Å². The summed E-state index contributed by atoms with van der Waals surface area (Å²) in [4.78, 5) is 26.0. The molecule has 0 aliphatic carbocycles. The molecule has 1 aliphatic rings. The number of phenolic OH excluding ortho intramolecular Hbond substituents is 1. The Hall–Kier alpha value is -1.75. The van der Waals surface area contributed by atoms with Crippen LogP contribution in [0.2, 0.25) is 5.02 Å².